The molecule has 0 radical (unpaired) electrons. The first-order valence-corrected chi connectivity index (χ1v) is 22.5. The molecule has 8 fully saturated rings. The fourth-order valence-corrected chi connectivity index (χ4v) is 20.4. The third-order valence-corrected chi connectivity index (χ3v) is 20.6. The Labute approximate surface area is 308 Å². The highest BCUT2D eigenvalue weighted by Crippen LogP contribution is 2.80. The lowest BCUT2D eigenvalue weighted by atomic mass is 9.55. The summed E-state index contributed by atoms with van der Waals surface area (Å²) >= 11 is 0. The van der Waals surface area contributed by atoms with Crippen molar-refractivity contribution in [2.75, 3.05) is 6.16 Å². The van der Waals surface area contributed by atoms with E-state index in [0.717, 1.165) is 35.5 Å². The van der Waals surface area contributed by atoms with Crippen molar-refractivity contribution >= 4 is 22.7 Å². The Morgan fingerprint density at radius 3 is 1.49 bits per heavy atom. The van der Waals surface area contributed by atoms with E-state index in [-0.39, 0.29) is 19.0 Å². The predicted octanol–water partition coefficient (Wildman–Crippen LogP) is 12.1. The second kappa shape index (κ2) is 11.9. The fourth-order valence-electron chi connectivity index (χ4n) is 14.5. The molecular weight excluding hydrogens is 654 g/mol. The van der Waals surface area contributed by atoms with E-state index in [4.69, 9.17) is 0 Å². The lowest BCUT2D eigenvalue weighted by Gasteiger charge is -2.68. The molecule has 2 heterocycles. The van der Waals surface area contributed by atoms with Crippen molar-refractivity contribution in [1.29, 1.82) is 0 Å². The van der Waals surface area contributed by atoms with Gasteiger partial charge >= 0.3 is 0 Å². The summed E-state index contributed by atoms with van der Waals surface area (Å²) in [4.78, 5) is 6.96. The van der Waals surface area contributed by atoms with Gasteiger partial charge in [0.2, 0.25) is 0 Å². The zero-order valence-corrected chi connectivity index (χ0v) is 32.1. The van der Waals surface area contributed by atoms with E-state index in [9.17, 15) is 0 Å². The minimum Gasteiger partial charge on any atom is -0.367 e. The van der Waals surface area contributed by atoms with Crippen molar-refractivity contribution in [3.63, 3.8) is 0 Å². The van der Waals surface area contributed by atoms with Gasteiger partial charge in [-0.1, -0.05) is 74.7 Å². The Morgan fingerprint density at radius 2 is 1.06 bits per heavy atom. The monoisotopic (exact) mass is 708 g/mol. The Hall–Kier alpha value is -2.66. The molecule has 2 atom stereocenters. The van der Waals surface area contributed by atoms with Crippen molar-refractivity contribution in [2.45, 2.75) is 98.4 Å². The molecule has 2 N–H and O–H groups in total. The molecule has 4 aromatic rings. The molecule has 0 spiro atoms. The van der Waals surface area contributed by atoms with E-state index < -0.39 is 0 Å². The van der Waals surface area contributed by atoms with Crippen LogP contribution in [-0.4, -0.2) is 26.4 Å². The summed E-state index contributed by atoms with van der Waals surface area (Å²) in [6.07, 6.45) is 31.3. The highest BCUT2D eigenvalue weighted by Gasteiger charge is 2.63. The van der Waals surface area contributed by atoms with E-state index in [0.29, 0.717) is 10.3 Å². The summed E-state index contributed by atoms with van der Waals surface area (Å²) in [7, 11) is 3.23. The van der Waals surface area contributed by atoms with Crippen molar-refractivity contribution in [3.8, 4) is 0 Å². The van der Waals surface area contributed by atoms with Crippen LogP contribution in [0, 0.1) is 35.5 Å². The summed E-state index contributed by atoms with van der Waals surface area (Å²) in [5.41, 5.74) is 10.3. The van der Waals surface area contributed by atoms with E-state index in [1.807, 2.05) is 0 Å². The number of H-pyrrole nitrogens is 2. The maximum Gasteiger partial charge on any atom is 0.0621 e. The molecule has 51 heavy (non-hydrogen) atoms. The van der Waals surface area contributed by atoms with Crippen LogP contribution in [0.2, 0.25) is 0 Å². The minimum absolute atomic E-state index is 0.230. The molecule has 2 aromatic carbocycles. The average Bonchev–Trinajstić information content (AvgIpc) is 3.93. The second-order valence-electron chi connectivity index (χ2n) is 18.6. The minimum atomic E-state index is -0.344. The van der Waals surface area contributed by atoms with Crippen LogP contribution in [0.15, 0.2) is 115 Å². The zero-order chi connectivity index (χ0) is 33.8. The number of hydrogen-bond acceptors (Lipinski definition) is 0. The topological polar surface area (TPSA) is 31.6 Å². The highest BCUT2D eigenvalue weighted by atomic mass is 31.1. The highest BCUT2D eigenvalue weighted by molar-refractivity contribution is 7.61. The molecule has 0 amide bonds. The van der Waals surface area contributed by atoms with Crippen LogP contribution < -0.4 is 0 Å². The maximum atomic E-state index is 3.48. The second-order valence-corrected chi connectivity index (χ2v) is 22.6. The first-order valence-electron chi connectivity index (χ1n) is 20.4. The molecule has 8 saturated carbocycles. The molecule has 9 aliphatic carbocycles. The van der Waals surface area contributed by atoms with Gasteiger partial charge in [-0.2, -0.15) is 0 Å². The molecule has 0 saturated heterocycles. The Balaban J connectivity index is 1.15. The normalized spacial score (nSPS) is 37.0. The van der Waals surface area contributed by atoms with Gasteiger partial charge in [0, 0.05) is 30.7 Å². The van der Waals surface area contributed by atoms with Crippen LogP contribution in [0.4, 0.5) is 0 Å². The molecule has 2 nitrogen and oxygen atoms in total. The summed E-state index contributed by atoms with van der Waals surface area (Å²) in [6, 6.07) is 27.8. The molecule has 9 aliphatic rings. The van der Waals surface area contributed by atoms with Gasteiger partial charge in [-0.15, -0.1) is 9.24 Å². The van der Waals surface area contributed by atoms with E-state index >= 15 is 0 Å². The molecule has 13 rings (SSSR count). The molecule has 2 unspecified atom stereocenters. The Morgan fingerprint density at radius 1 is 0.608 bits per heavy atom. The SMILES string of the molecule is PC(C1=C(CP(C23CC4CC(CC(C4)C2)C3)C23CC4CC(CC(C4)C2)C3)C(c2ccccc2)C(c2ccccc2)=C1)(c1cc[nH]c1)c1cc[nH]c1. The molecule has 2 aromatic heterocycles. The molecule has 8 bridgehead atoms. The van der Waals surface area contributed by atoms with Crippen molar-refractivity contribution in [3.05, 3.63) is 137 Å². The molecular formula is C47H54N2P2. The zero-order valence-electron chi connectivity index (χ0n) is 30.1. The van der Waals surface area contributed by atoms with Crippen LogP contribution in [0.5, 0.6) is 0 Å². The summed E-state index contributed by atoms with van der Waals surface area (Å²) < 4.78 is 0. The van der Waals surface area contributed by atoms with Crippen molar-refractivity contribution in [2.24, 2.45) is 35.5 Å². The third-order valence-electron chi connectivity index (χ3n) is 15.6. The fraction of sp³-hybridized carbons (Fsp3) is 0.489. The van der Waals surface area contributed by atoms with Gasteiger partial charge in [0.1, 0.15) is 0 Å². The quantitative estimate of drug-likeness (QED) is 0.162. The van der Waals surface area contributed by atoms with Gasteiger partial charge in [0.25, 0.3) is 0 Å². The third kappa shape index (κ3) is 5.01. The number of hydrogen-bond donors (Lipinski definition) is 2. The largest absolute Gasteiger partial charge is 0.367 e. The van der Waals surface area contributed by atoms with Gasteiger partial charge < -0.3 is 9.97 Å². The van der Waals surface area contributed by atoms with Gasteiger partial charge in [-0.25, -0.2) is 0 Å². The van der Waals surface area contributed by atoms with Gasteiger partial charge in [0.15, 0.2) is 0 Å². The smallest absolute Gasteiger partial charge is 0.0621 e. The van der Waals surface area contributed by atoms with Gasteiger partial charge in [-0.05, 0) is 180 Å². The lowest BCUT2D eigenvalue weighted by Crippen LogP contribution is -2.57. The van der Waals surface area contributed by atoms with Crippen LogP contribution in [0.1, 0.15) is 105 Å². The van der Waals surface area contributed by atoms with Crippen LogP contribution >= 0.6 is 17.2 Å². The number of aromatic amines is 2. The first kappa shape index (κ1) is 31.8. The Kier molecular flexibility index (Phi) is 7.44. The molecule has 0 aliphatic heterocycles. The summed E-state index contributed by atoms with van der Waals surface area (Å²) in [5, 5.41) is 0.815. The molecule has 262 valence electrons. The Bertz CT molecular complexity index is 1800. The number of nitrogens with one attached hydrogen (secondary N) is 2. The number of benzene rings is 2. The standard InChI is InChI=1S/C47H54N2P2/c50-47(39-11-13-48-28-39,40-12-14-49-29-40)43-21-41(37-7-3-1-4-8-37)44(38-9-5-2-6-10-38)42(43)30-51(45-22-31-15-32(23-45)17-33(16-31)24-45)46-25-34-18-35(26-46)20-36(19-34)27-46/h1-14,21,28-29,31-36,44,48-49H,15-20,22-27,30,50H2. The van der Waals surface area contributed by atoms with E-state index in [1.54, 1.807) is 49.7 Å². The van der Waals surface area contributed by atoms with Crippen LogP contribution in [-0.2, 0) is 5.16 Å². The first-order chi connectivity index (χ1) is 25.0. The van der Waals surface area contributed by atoms with Crippen LogP contribution in [0.25, 0.3) is 5.57 Å². The number of aromatic nitrogens is 2. The maximum absolute atomic E-state index is 3.48. The van der Waals surface area contributed by atoms with E-state index in [2.05, 4.69) is 123 Å². The summed E-state index contributed by atoms with van der Waals surface area (Å²) in [6.45, 7) is 0. The lowest BCUT2D eigenvalue weighted by molar-refractivity contribution is 0.0187. The van der Waals surface area contributed by atoms with Gasteiger partial charge in [-0.3, -0.25) is 0 Å². The molecule has 4 heteroatoms. The van der Waals surface area contributed by atoms with Crippen molar-refractivity contribution < 1.29 is 0 Å². The number of allylic oxidation sites excluding steroid dienone is 4. The number of rotatable bonds is 9. The van der Waals surface area contributed by atoms with Gasteiger partial charge in [0.05, 0.1) is 5.16 Å². The van der Waals surface area contributed by atoms with E-state index in [1.165, 1.54) is 72.5 Å². The van der Waals surface area contributed by atoms with Crippen LogP contribution in [0.3, 0.4) is 0 Å². The predicted molar refractivity (Wildman–Crippen MR) is 216 cm³/mol. The average molecular weight is 709 g/mol. The van der Waals surface area contributed by atoms with Crippen molar-refractivity contribution in [1.82, 2.24) is 9.97 Å². The summed E-state index contributed by atoms with van der Waals surface area (Å²) in [5.74, 6) is 6.25.